The van der Waals surface area contributed by atoms with Crippen molar-refractivity contribution in [2.24, 2.45) is 5.92 Å². The van der Waals surface area contributed by atoms with Gasteiger partial charge >= 0.3 is 5.97 Å². The SMILES string of the molecule is CC(C)C(OC(=O)c1ccc(Cl)nc1)C(=O)NC(C)(C)C. The highest BCUT2D eigenvalue weighted by atomic mass is 35.5. The molecule has 0 aliphatic carbocycles. The van der Waals surface area contributed by atoms with Crippen molar-refractivity contribution in [3.05, 3.63) is 29.0 Å². The number of carbonyl (C=O) groups is 2. The predicted molar refractivity (Wildman–Crippen MR) is 81.2 cm³/mol. The number of nitrogens with one attached hydrogen (secondary N) is 1. The quantitative estimate of drug-likeness (QED) is 0.685. The van der Waals surface area contributed by atoms with Gasteiger partial charge in [0.1, 0.15) is 5.15 Å². The van der Waals surface area contributed by atoms with Gasteiger partial charge in [0.15, 0.2) is 6.10 Å². The van der Waals surface area contributed by atoms with E-state index in [1.807, 2.05) is 34.6 Å². The Morgan fingerprint density at radius 1 is 1.29 bits per heavy atom. The van der Waals surface area contributed by atoms with Crippen molar-refractivity contribution in [3.63, 3.8) is 0 Å². The third-order valence-corrected chi connectivity index (χ3v) is 2.78. The van der Waals surface area contributed by atoms with Gasteiger partial charge in [-0.3, -0.25) is 4.79 Å². The largest absolute Gasteiger partial charge is 0.448 e. The van der Waals surface area contributed by atoms with Crippen LogP contribution in [0.5, 0.6) is 0 Å². The normalized spacial score (nSPS) is 12.9. The minimum Gasteiger partial charge on any atom is -0.448 e. The Hall–Kier alpha value is -1.62. The van der Waals surface area contributed by atoms with Crippen LogP contribution in [-0.2, 0) is 9.53 Å². The van der Waals surface area contributed by atoms with Crippen LogP contribution in [0.3, 0.4) is 0 Å². The number of halogens is 1. The fourth-order valence-electron chi connectivity index (χ4n) is 1.61. The van der Waals surface area contributed by atoms with Crippen LogP contribution in [0.1, 0.15) is 45.0 Å². The monoisotopic (exact) mass is 312 g/mol. The van der Waals surface area contributed by atoms with Gasteiger partial charge < -0.3 is 10.1 Å². The number of amides is 1. The lowest BCUT2D eigenvalue weighted by molar-refractivity contribution is -0.133. The van der Waals surface area contributed by atoms with E-state index in [0.717, 1.165) is 0 Å². The third kappa shape index (κ3) is 5.71. The molecular formula is C15H21ClN2O3. The first-order valence-corrected chi connectivity index (χ1v) is 7.12. The number of hydrogen-bond donors (Lipinski definition) is 1. The van der Waals surface area contributed by atoms with Crippen LogP contribution in [0.25, 0.3) is 0 Å². The second-order valence-electron chi connectivity index (χ2n) is 6.18. The molecule has 0 aliphatic heterocycles. The second-order valence-corrected chi connectivity index (χ2v) is 6.57. The molecule has 1 amide bonds. The fourth-order valence-corrected chi connectivity index (χ4v) is 1.72. The second kappa shape index (κ2) is 6.89. The van der Waals surface area contributed by atoms with Crippen molar-refractivity contribution in [1.29, 1.82) is 0 Å². The highest BCUT2D eigenvalue weighted by Crippen LogP contribution is 2.13. The summed E-state index contributed by atoms with van der Waals surface area (Å²) in [4.78, 5) is 28.1. The number of rotatable bonds is 4. The summed E-state index contributed by atoms with van der Waals surface area (Å²) in [7, 11) is 0. The van der Waals surface area contributed by atoms with E-state index in [9.17, 15) is 9.59 Å². The van der Waals surface area contributed by atoms with Crippen molar-refractivity contribution in [2.75, 3.05) is 0 Å². The van der Waals surface area contributed by atoms with E-state index in [1.165, 1.54) is 18.3 Å². The molecule has 6 heteroatoms. The average molecular weight is 313 g/mol. The molecule has 0 bridgehead atoms. The summed E-state index contributed by atoms with van der Waals surface area (Å²) in [5, 5.41) is 3.10. The molecule has 0 spiro atoms. The Labute approximate surface area is 130 Å². The van der Waals surface area contributed by atoms with E-state index >= 15 is 0 Å². The summed E-state index contributed by atoms with van der Waals surface area (Å²) in [6.45, 7) is 9.24. The van der Waals surface area contributed by atoms with E-state index in [1.54, 1.807) is 0 Å². The number of aromatic nitrogens is 1. The van der Waals surface area contributed by atoms with E-state index < -0.39 is 17.6 Å². The van der Waals surface area contributed by atoms with Gasteiger partial charge in [0.05, 0.1) is 5.56 Å². The zero-order valence-electron chi connectivity index (χ0n) is 12.9. The molecule has 0 aliphatic rings. The topological polar surface area (TPSA) is 68.3 Å². The average Bonchev–Trinajstić information content (AvgIpc) is 2.33. The minimum atomic E-state index is -0.854. The lowest BCUT2D eigenvalue weighted by Gasteiger charge is -2.26. The van der Waals surface area contributed by atoms with Crippen LogP contribution in [0, 0.1) is 5.92 Å². The molecule has 0 radical (unpaired) electrons. The molecule has 116 valence electrons. The molecule has 1 atom stereocenters. The van der Waals surface area contributed by atoms with Gasteiger partial charge in [-0.05, 0) is 38.8 Å². The fraction of sp³-hybridized carbons (Fsp3) is 0.533. The Balaban J connectivity index is 2.81. The third-order valence-electron chi connectivity index (χ3n) is 2.56. The van der Waals surface area contributed by atoms with Gasteiger partial charge in [-0.15, -0.1) is 0 Å². The molecule has 1 unspecified atom stereocenters. The molecule has 1 aromatic rings. The first-order chi connectivity index (χ1) is 9.60. The van der Waals surface area contributed by atoms with E-state index in [4.69, 9.17) is 16.3 Å². The summed E-state index contributed by atoms with van der Waals surface area (Å²) in [5.74, 6) is -1.05. The summed E-state index contributed by atoms with van der Waals surface area (Å²) >= 11 is 5.67. The van der Waals surface area contributed by atoms with Crippen molar-refractivity contribution < 1.29 is 14.3 Å². The molecule has 5 nitrogen and oxygen atoms in total. The first-order valence-electron chi connectivity index (χ1n) is 6.74. The van der Waals surface area contributed by atoms with Gasteiger partial charge in [-0.2, -0.15) is 0 Å². The summed E-state index contributed by atoms with van der Waals surface area (Å²) in [6, 6.07) is 3.01. The van der Waals surface area contributed by atoms with Crippen LogP contribution in [0.4, 0.5) is 0 Å². The number of carbonyl (C=O) groups excluding carboxylic acids is 2. The van der Waals surface area contributed by atoms with Gasteiger partial charge in [-0.1, -0.05) is 25.4 Å². The van der Waals surface area contributed by atoms with Crippen molar-refractivity contribution in [2.45, 2.75) is 46.3 Å². The summed E-state index contributed by atoms with van der Waals surface area (Å²) < 4.78 is 5.31. The standard InChI is InChI=1S/C15H21ClN2O3/c1-9(2)12(13(19)18-15(3,4)5)21-14(20)10-6-7-11(16)17-8-10/h6-9,12H,1-5H3,(H,18,19). The molecule has 0 aromatic carbocycles. The molecule has 0 saturated heterocycles. The number of ether oxygens (including phenoxy) is 1. The smallest absolute Gasteiger partial charge is 0.340 e. The number of hydrogen-bond acceptors (Lipinski definition) is 4. The molecular weight excluding hydrogens is 292 g/mol. The number of pyridine rings is 1. The van der Waals surface area contributed by atoms with Gasteiger partial charge in [0.2, 0.25) is 0 Å². The first kappa shape index (κ1) is 17.4. The maximum Gasteiger partial charge on any atom is 0.340 e. The summed E-state index contributed by atoms with van der Waals surface area (Å²) in [6.07, 6.45) is 0.469. The lowest BCUT2D eigenvalue weighted by Crippen LogP contribution is -2.48. The van der Waals surface area contributed by atoms with Crippen LogP contribution < -0.4 is 5.32 Å². The highest BCUT2D eigenvalue weighted by Gasteiger charge is 2.29. The maximum absolute atomic E-state index is 12.2. The van der Waals surface area contributed by atoms with E-state index in [0.29, 0.717) is 0 Å². The molecule has 1 N–H and O–H groups in total. The Bertz CT molecular complexity index is 507. The minimum absolute atomic E-state index is 0.142. The highest BCUT2D eigenvalue weighted by molar-refractivity contribution is 6.29. The van der Waals surface area contributed by atoms with Crippen LogP contribution in [-0.4, -0.2) is 28.5 Å². The van der Waals surface area contributed by atoms with Crippen LogP contribution in [0.2, 0.25) is 5.15 Å². The maximum atomic E-state index is 12.2. The van der Waals surface area contributed by atoms with Crippen molar-refractivity contribution in [3.8, 4) is 0 Å². The Morgan fingerprint density at radius 2 is 1.90 bits per heavy atom. The predicted octanol–water partition coefficient (Wildman–Crippen LogP) is 2.83. The van der Waals surface area contributed by atoms with Crippen molar-refractivity contribution >= 4 is 23.5 Å². The lowest BCUT2D eigenvalue weighted by atomic mass is 10.0. The zero-order chi connectivity index (χ0) is 16.2. The Kier molecular flexibility index (Phi) is 5.72. The number of esters is 1. The molecule has 1 heterocycles. The molecule has 0 saturated carbocycles. The van der Waals surface area contributed by atoms with Crippen LogP contribution in [0.15, 0.2) is 18.3 Å². The summed E-state index contributed by atoms with van der Waals surface area (Å²) in [5.41, 5.74) is -0.132. The molecule has 1 rings (SSSR count). The zero-order valence-corrected chi connectivity index (χ0v) is 13.7. The molecule has 0 fully saturated rings. The molecule has 1 aromatic heterocycles. The van der Waals surface area contributed by atoms with Gasteiger partial charge in [0.25, 0.3) is 5.91 Å². The molecule has 21 heavy (non-hydrogen) atoms. The van der Waals surface area contributed by atoms with E-state index in [2.05, 4.69) is 10.3 Å². The Morgan fingerprint density at radius 3 is 2.33 bits per heavy atom. The number of nitrogens with zero attached hydrogens (tertiary/aromatic N) is 1. The van der Waals surface area contributed by atoms with Gasteiger partial charge in [0, 0.05) is 11.7 Å². The van der Waals surface area contributed by atoms with Gasteiger partial charge in [-0.25, -0.2) is 9.78 Å². The van der Waals surface area contributed by atoms with Crippen molar-refractivity contribution in [1.82, 2.24) is 10.3 Å². The van der Waals surface area contributed by atoms with Crippen LogP contribution >= 0.6 is 11.6 Å². The van der Waals surface area contributed by atoms with E-state index in [-0.39, 0.29) is 22.5 Å².